The zero-order chi connectivity index (χ0) is 7.70. The fraction of sp³-hybridized carbons (Fsp3) is 0. The van der Waals surface area contributed by atoms with E-state index in [2.05, 4.69) is 16.7 Å². The van der Waals surface area contributed by atoms with E-state index < -0.39 is 5.97 Å². The fourth-order valence-corrected chi connectivity index (χ4v) is 0. The maximum absolute atomic E-state index is 9.25. The predicted molar refractivity (Wildman–Crippen MR) is 25.3 cm³/mol. The van der Waals surface area contributed by atoms with E-state index >= 15 is 0 Å². The van der Waals surface area contributed by atoms with Crippen LogP contribution in [0.2, 0.25) is 0 Å². The average Bonchev–Trinajstić information content (AvgIpc) is 1.89. The van der Waals surface area contributed by atoms with Crippen LogP contribution in [0.4, 0.5) is 0 Å². The molecule has 0 aliphatic rings. The quantitative estimate of drug-likeness (QED) is 0.285. The number of aliphatic carboxylic acids is 1. The van der Waals surface area contributed by atoms with Crippen molar-refractivity contribution in [2.24, 2.45) is 0 Å². The molecule has 0 radical (unpaired) electrons. The monoisotopic (exact) mass is 138 g/mol. The highest BCUT2D eigenvalue weighted by molar-refractivity contribution is 5.78. The molecule has 0 aromatic rings. The number of hydrogen-bond acceptors (Lipinski definition) is 5. The molecule has 0 aliphatic carbocycles. The molecule has 0 fully saturated rings. The summed E-state index contributed by atoms with van der Waals surface area (Å²) in [6.45, 7) is 2.96. The number of carbonyl (C=O) groups is 1. The lowest BCUT2D eigenvalue weighted by Gasteiger charge is -1.71. The Hall–Kier alpha value is -0.950. The maximum Gasteiger partial charge on any atom is 0.327 e. The normalized spacial score (nSPS) is 6.89. The molecule has 0 aliphatic heterocycles. The summed E-state index contributed by atoms with van der Waals surface area (Å²) >= 11 is 0. The summed E-state index contributed by atoms with van der Waals surface area (Å²) in [5.41, 5.74) is 0. The first-order chi connectivity index (χ1) is 4.18. The molecule has 0 bridgehead atoms. The highest BCUT2D eigenvalue weighted by Gasteiger charge is 1.73. The van der Waals surface area contributed by atoms with Gasteiger partial charge in [-0.1, -0.05) is 6.58 Å². The SMILES string of the molecule is C=CC(=O)O.OOOO. The molecule has 6 nitrogen and oxygen atoms in total. The van der Waals surface area contributed by atoms with Crippen LogP contribution in [0.3, 0.4) is 0 Å². The van der Waals surface area contributed by atoms with E-state index in [1.54, 1.807) is 0 Å². The lowest BCUT2D eigenvalue weighted by Crippen LogP contribution is -1.82. The van der Waals surface area contributed by atoms with Crippen LogP contribution in [-0.4, -0.2) is 21.6 Å². The van der Waals surface area contributed by atoms with Gasteiger partial charge in [0.25, 0.3) is 0 Å². The molecule has 0 atom stereocenters. The molecule has 0 aromatic carbocycles. The van der Waals surface area contributed by atoms with Crippen LogP contribution in [0.25, 0.3) is 0 Å². The van der Waals surface area contributed by atoms with Gasteiger partial charge < -0.3 is 5.11 Å². The van der Waals surface area contributed by atoms with Crippen molar-refractivity contribution in [1.82, 2.24) is 0 Å². The molecule has 0 amide bonds. The molecule has 0 aromatic heterocycles. The minimum atomic E-state index is -0.981. The van der Waals surface area contributed by atoms with Crippen molar-refractivity contribution < 1.29 is 30.5 Å². The van der Waals surface area contributed by atoms with E-state index in [4.69, 9.17) is 15.6 Å². The van der Waals surface area contributed by atoms with Gasteiger partial charge in [-0.15, -0.1) is 0 Å². The van der Waals surface area contributed by atoms with Crippen molar-refractivity contribution in [2.75, 3.05) is 0 Å². The van der Waals surface area contributed by atoms with Gasteiger partial charge in [-0.3, -0.25) is 0 Å². The second-order valence-corrected chi connectivity index (χ2v) is 0.691. The molecule has 54 valence electrons. The van der Waals surface area contributed by atoms with Crippen molar-refractivity contribution >= 4 is 5.97 Å². The standard InChI is InChI=1S/C3H4O2.H2O4/c1-2-3(4)5;1-3-4-2/h2H,1H2,(H,4,5);1-2H. The Morgan fingerprint density at radius 3 is 1.67 bits per heavy atom. The molecular formula is C3H6O6. The summed E-state index contributed by atoms with van der Waals surface area (Å²) in [6.07, 6.45) is 0.833. The first-order valence-electron chi connectivity index (χ1n) is 1.66. The highest BCUT2D eigenvalue weighted by Crippen LogP contribution is 1.54. The van der Waals surface area contributed by atoms with Crippen LogP contribution in [-0.2, 0) is 14.9 Å². The van der Waals surface area contributed by atoms with Crippen LogP contribution in [0.1, 0.15) is 0 Å². The van der Waals surface area contributed by atoms with Gasteiger partial charge >= 0.3 is 5.97 Å². The topological polar surface area (TPSA) is 96.2 Å². The third-order valence-electron chi connectivity index (χ3n) is 0.208. The molecule has 3 N–H and O–H groups in total. The van der Waals surface area contributed by atoms with Gasteiger partial charge in [0.1, 0.15) is 0 Å². The molecule has 9 heavy (non-hydrogen) atoms. The summed E-state index contributed by atoms with van der Waals surface area (Å²) in [4.78, 5) is 9.25. The summed E-state index contributed by atoms with van der Waals surface area (Å²) < 4.78 is 0. The third-order valence-corrected chi connectivity index (χ3v) is 0.208. The van der Waals surface area contributed by atoms with Crippen molar-refractivity contribution in [2.45, 2.75) is 0 Å². The molecule has 6 heteroatoms. The van der Waals surface area contributed by atoms with Crippen molar-refractivity contribution in [3.8, 4) is 0 Å². The van der Waals surface area contributed by atoms with Crippen LogP contribution >= 0.6 is 0 Å². The third kappa shape index (κ3) is 42.8. The smallest absolute Gasteiger partial charge is 0.327 e. The Morgan fingerprint density at radius 2 is 1.67 bits per heavy atom. The van der Waals surface area contributed by atoms with Gasteiger partial charge in [0.15, 0.2) is 0 Å². The van der Waals surface area contributed by atoms with Crippen molar-refractivity contribution in [1.29, 1.82) is 0 Å². The average molecular weight is 138 g/mol. The fourth-order valence-electron chi connectivity index (χ4n) is 0. The van der Waals surface area contributed by atoms with Crippen LogP contribution in [0.5, 0.6) is 0 Å². The lowest BCUT2D eigenvalue weighted by molar-refractivity contribution is -0.611. The molecule has 0 spiro atoms. The molecule has 0 saturated heterocycles. The van der Waals surface area contributed by atoms with Crippen molar-refractivity contribution in [3.05, 3.63) is 12.7 Å². The second kappa shape index (κ2) is 10.1. The van der Waals surface area contributed by atoms with Crippen LogP contribution in [0.15, 0.2) is 12.7 Å². The first kappa shape index (κ1) is 10.9. The van der Waals surface area contributed by atoms with E-state index in [9.17, 15) is 4.79 Å². The van der Waals surface area contributed by atoms with Gasteiger partial charge in [-0.25, -0.2) is 15.3 Å². The minimum absolute atomic E-state index is 0.833. The Balaban J connectivity index is 0. The van der Waals surface area contributed by atoms with E-state index in [0.717, 1.165) is 6.08 Å². The number of carboxylic acids is 1. The Morgan fingerprint density at radius 1 is 1.44 bits per heavy atom. The maximum atomic E-state index is 9.25. The highest BCUT2D eigenvalue weighted by atomic mass is 17.6. The van der Waals surface area contributed by atoms with Gasteiger partial charge in [-0.05, 0) is 10.1 Å². The second-order valence-electron chi connectivity index (χ2n) is 0.691. The minimum Gasteiger partial charge on any atom is -0.478 e. The zero-order valence-corrected chi connectivity index (χ0v) is 4.35. The molecular weight excluding hydrogens is 132 g/mol. The summed E-state index contributed by atoms with van der Waals surface area (Å²) in [7, 11) is 0. The largest absolute Gasteiger partial charge is 0.478 e. The van der Waals surface area contributed by atoms with E-state index in [1.165, 1.54) is 0 Å². The van der Waals surface area contributed by atoms with E-state index in [1.807, 2.05) is 0 Å². The van der Waals surface area contributed by atoms with Crippen LogP contribution < -0.4 is 0 Å². The van der Waals surface area contributed by atoms with E-state index in [-0.39, 0.29) is 0 Å². The first-order valence-corrected chi connectivity index (χ1v) is 1.66. The number of carboxylic acid groups (broad SMARTS) is 1. The van der Waals surface area contributed by atoms with Crippen molar-refractivity contribution in [3.63, 3.8) is 0 Å². The molecule has 0 saturated carbocycles. The Bertz CT molecular complexity index is 76.4. The van der Waals surface area contributed by atoms with Gasteiger partial charge in [-0.2, -0.15) is 0 Å². The molecule has 0 unspecified atom stereocenters. The number of hydrogen-bond donors (Lipinski definition) is 3. The van der Waals surface area contributed by atoms with Gasteiger partial charge in [0.2, 0.25) is 0 Å². The summed E-state index contributed by atoms with van der Waals surface area (Å²) in [5, 5.41) is 26.6. The summed E-state index contributed by atoms with van der Waals surface area (Å²) in [6, 6.07) is 0. The zero-order valence-electron chi connectivity index (χ0n) is 4.35. The van der Waals surface area contributed by atoms with Gasteiger partial charge in [0, 0.05) is 6.08 Å². The lowest BCUT2D eigenvalue weighted by atomic mass is 10.7. The number of rotatable bonds is 2. The molecule has 0 rings (SSSR count). The summed E-state index contributed by atoms with van der Waals surface area (Å²) in [5.74, 6) is -0.981. The Labute approximate surface area is 50.3 Å². The van der Waals surface area contributed by atoms with E-state index in [0.29, 0.717) is 0 Å². The molecule has 0 heterocycles. The van der Waals surface area contributed by atoms with Crippen LogP contribution in [0, 0.1) is 0 Å². The van der Waals surface area contributed by atoms with Gasteiger partial charge in [0.05, 0.1) is 0 Å². The predicted octanol–water partition coefficient (Wildman–Crippen LogP) is 0.138. The Kier molecular flexibility index (Phi) is 12.3.